The standard InChI is InChI=1S/C14H12ClFN4S/c15-9-3-1-6-18-13(9)20-14(21)19-11-7-8(11)12-10(16)4-2-5-17-12/h1-6,8,11H,7H2,(H2,18,19,20,21). The van der Waals surface area contributed by atoms with Crippen LogP contribution in [0, 0.1) is 5.82 Å². The van der Waals surface area contributed by atoms with Crippen molar-refractivity contribution >= 4 is 34.7 Å². The normalized spacial score (nSPS) is 19.9. The lowest BCUT2D eigenvalue weighted by molar-refractivity contribution is 0.597. The monoisotopic (exact) mass is 322 g/mol. The summed E-state index contributed by atoms with van der Waals surface area (Å²) in [7, 11) is 0. The van der Waals surface area contributed by atoms with E-state index in [0.29, 0.717) is 21.6 Å². The van der Waals surface area contributed by atoms with Crippen LogP contribution < -0.4 is 10.6 Å². The molecule has 2 aromatic heterocycles. The van der Waals surface area contributed by atoms with Crippen LogP contribution in [0.4, 0.5) is 10.2 Å². The van der Waals surface area contributed by atoms with E-state index in [1.54, 1.807) is 30.6 Å². The number of anilines is 1. The second kappa shape index (κ2) is 5.91. The highest BCUT2D eigenvalue weighted by molar-refractivity contribution is 7.80. The van der Waals surface area contributed by atoms with Gasteiger partial charge in [0.1, 0.15) is 5.82 Å². The van der Waals surface area contributed by atoms with Crippen LogP contribution in [-0.4, -0.2) is 21.1 Å². The molecule has 4 nitrogen and oxygen atoms in total. The van der Waals surface area contributed by atoms with E-state index in [9.17, 15) is 4.39 Å². The summed E-state index contributed by atoms with van der Waals surface area (Å²) in [5.74, 6) is 0.265. The third-order valence-electron chi connectivity index (χ3n) is 3.24. The topological polar surface area (TPSA) is 49.8 Å². The molecule has 2 unspecified atom stereocenters. The summed E-state index contributed by atoms with van der Waals surface area (Å²) in [6, 6.07) is 6.55. The van der Waals surface area contributed by atoms with E-state index in [0.717, 1.165) is 6.42 Å². The molecule has 0 spiro atoms. The Morgan fingerprint density at radius 1 is 1.29 bits per heavy atom. The largest absolute Gasteiger partial charge is 0.359 e. The Morgan fingerprint density at radius 2 is 2.05 bits per heavy atom. The van der Waals surface area contributed by atoms with E-state index in [2.05, 4.69) is 20.6 Å². The molecule has 7 heteroatoms. The molecule has 1 fully saturated rings. The zero-order chi connectivity index (χ0) is 14.8. The smallest absolute Gasteiger partial charge is 0.172 e. The average Bonchev–Trinajstić information content (AvgIpc) is 3.21. The minimum absolute atomic E-state index is 0.0464. The van der Waals surface area contributed by atoms with Crippen LogP contribution in [0.25, 0.3) is 0 Å². The molecule has 2 atom stereocenters. The summed E-state index contributed by atoms with van der Waals surface area (Å²) in [5.41, 5.74) is 0.480. The number of rotatable bonds is 3. The quantitative estimate of drug-likeness (QED) is 0.850. The van der Waals surface area contributed by atoms with Gasteiger partial charge in [-0.2, -0.15) is 0 Å². The highest BCUT2D eigenvalue weighted by Crippen LogP contribution is 2.40. The van der Waals surface area contributed by atoms with E-state index < -0.39 is 0 Å². The third kappa shape index (κ3) is 3.28. The molecule has 0 bridgehead atoms. The summed E-state index contributed by atoms with van der Waals surface area (Å²) in [5, 5.41) is 6.96. The Balaban J connectivity index is 1.58. The Labute approximate surface area is 131 Å². The van der Waals surface area contributed by atoms with Gasteiger partial charge in [0.15, 0.2) is 10.9 Å². The zero-order valence-electron chi connectivity index (χ0n) is 10.9. The highest BCUT2D eigenvalue weighted by atomic mass is 35.5. The molecule has 1 aliphatic rings. The van der Waals surface area contributed by atoms with Crippen molar-refractivity contribution in [1.29, 1.82) is 0 Å². The Morgan fingerprint density at radius 3 is 2.81 bits per heavy atom. The van der Waals surface area contributed by atoms with E-state index in [1.807, 2.05) is 0 Å². The van der Waals surface area contributed by atoms with E-state index in [-0.39, 0.29) is 17.8 Å². The molecule has 2 heterocycles. The van der Waals surface area contributed by atoms with Gasteiger partial charge >= 0.3 is 0 Å². The van der Waals surface area contributed by atoms with E-state index >= 15 is 0 Å². The fourth-order valence-corrected chi connectivity index (χ4v) is 2.53. The molecular weight excluding hydrogens is 311 g/mol. The molecule has 1 aliphatic carbocycles. The van der Waals surface area contributed by atoms with Crippen molar-refractivity contribution in [2.24, 2.45) is 0 Å². The zero-order valence-corrected chi connectivity index (χ0v) is 12.5. The lowest BCUT2D eigenvalue weighted by Gasteiger charge is -2.10. The molecule has 0 amide bonds. The predicted molar refractivity (Wildman–Crippen MR) is 83.9 cm³/mol. The molecule has 0 aromatic carbocycles. The number of nitrogens with zero attached hydrogens (tertiary/aromatic N) is 2. The molecule has 108 valence electrons. The van der Waals surface area contributed by atoms with Gasteiger partial charge in [-0.15, -0.1) is 0 Å². The van der Waals surface area contributed by atoms with Crippen LogP contribution in [0.2, 0.25) is 5.02 Å². The van der Waals surface area contributed by atoms with Crippen molar-refractivity contribution in [3.05, 3.63) is 53.2 Å². The SMILES string of the molecule is Fc1cccnc1C1CC1NC(=S)Nc1ncccc1Cl. The van der Waals surface area contributed by atoms with E-state index in [1.165, 1.54) is 6.07 Å². The summed E-state index contributed by atoms with van der Waals surface area (Å²) >= 11 is 11.2. The number of halogens is 2. The summed E-state index contributed by atoms with van der Waals surface area (Å²) in [6.07, 6.45) is 4.02. The first-order valence-electron chi connectivity index (χ1n) is 6.43. The number of hydrogen-bond acceptors (Lipinski definition) is 3. The van der Waals surface area contributed by atoms with Crippen LogP contribution >= 0.6 is 23.8 Å². The second-order valence-corrected chi connectivity index (χ2v) is 5.57. The molecule has 0 saturated heterocycles. The van der Waals surface area contributed by atoms with Crippen molar-refractivity contribution in [2.75, 3.05) is 5.32 Å². The minimum Gasteiger partial charge on any atom is -0.359 e. The van der Waals surface area contributed by atoms with Gasteiger partial charge in [0.05, 0.1) is 10.7 Å². The molecule has 2 aromatic rings. The first kappa shape index (κ1) is 14.2. The molecule has 1 saturated carbocycles. The van der Waals surface area contributed by atoms with Gasteiger partial charge in [0.25, 0.3) is 0 Å². The molecule has 0 aliphatic heterocycles. The second-order valence-electron chi connectivity index (χ2n) is 4.75. The Hall–Kier alpha value is -1.79. The summed E-state index contributed by atoms with van der Waals surface area (Å²) < 4.78 is 13.6. The van der Waals surface area contributed by atoms with E-state index in [4.69, 9.17) is 23.8 Å². The molecule has 3 rings (SSSR count). The fraction of sp³-hybridized carbons (Fsp3) is 0.214. The average molecular weight is 323 g/mol. The van der Waals surface area contributed by atoms with Gasteiger partial charge in [-0.25, -0.2) is 9.37 Å². The van der Waals surface area contributed by atoms with Gasteiger partial charge in [-0.3, -0.25) is 4.98 Å². The molecule has 21 heavy (non-hydrogen) atoms. The van der Waals surface area contributed by atoms with Crippen LogP contribution in [-0.2, 0) is 0 Å². The van der Waals surface area contributed by atoms with Crippen LogP contribution in [0.1, 0.15) is 18.0 Å². The van der Waals surface area contributed by atoms with Gasteiger partial charge in [-0.05, 0) is 42.9 Å². The first-order chi connectivity index (χ1) is 10.1. The van der Waals surface area contributed by atoms with Gasteiger partial charge in [0.2, 0.25) is 0 Å². The van der Waals surface area contributed by atoms with Crippen LogP contribution in [0.15, 0.2) is 36.7 Å². The fourth-order valence-electron chi connectivity index (χ4n) is 2.12. The van der Waals surface area contributed by atoms with Crippen LogP contribution in [0.3, 0.4) is 0 Å². The first-order valence-corrected chi connectivity index (χ1v) is 7.22. The molecule has 0 radical (unpaired) electrons. The van der Waals surface area contributed by atoms with Crippen molar-refractivity contribution in [1.82, 2.24) is 15.3 Å². The maximum atomic E-state index is 13.6. The number of thiocarbonyl (C=S) groups is 1. The number of pyridine rings is 2. The maximum Gasteiger partial charge on any atom is 0.172 e. The maximum absolute atomic E-state index is 13.6. The summed E-state index contributed by atoms with van der Waals surface area (Å²) in [4.78, 5) is 8.18. The minimum atomic E-state index is -0.279. The van der Waals surface area contributed by atoms with Gasteiger partial charge < -0.3 is 10.6 Å². The van der Waals surface area contributed by atoms with Gasteiger partial charge in [0, 0.05) is 24.4 Å². The highest BCUT2D eigenvalue weighted by Gasteiger charge is 2.41. The number of aromatic nitrogens is 2. The predicted octanol–water partition coefficient (Wildman–Crippen LogP) is 3.11. The van der Waals surface area contributed by atoms with Gasteiger partial charge in [-0.1, -0.05) is 11.6 Å². The number of nitrogens with one attached hydrogen (secondary N) is 2. The van der Waals surface area contributed by atoms with Crippen molar-refractivity contribution < 1.29 is 4.39 Å². The Bertz CT molecular complexity index is 682. The third-order valence-corrected chi connectivity index (χ3v) is 3.76. The molecule has 2 N–H and O–H groups in total. The van der Waals surface area contributed by atoms with Crippen LogP contribution in [0.5, 0.6) is 0 Å². The summed E-state index contributed by atoms with van der Waals surface area (Å²) in [6.45, 7) is 0. The number of hydrogen-bond donors (Lipinski definition) is 2. The van der Waals surface area contributed by atoms with Crippen molar-refractivity contribution in [2.45, 2.75) is 18.4 Å². The molecular formula is C14H12ClFN4S. The van der Waals surface area contributed by atoms with Crippen molar-refractivity contribution in [3.63, 3.8) is 0 Å². The Kier molecular flexibility index (Phi) is 3.98. The van der Waals surface area contributed by atoms with Crippen molar-refractivity contribution in [3.8, 4) is 0 Å². The lowest BCUT2D eigenvalue weighted by Crippen LogP contribution is -2.31. The lowest BCUT2D eigenvalue weighted by atomic mass is 10.2.